The second-order valence-electron chi connectivity index (χ2n) is 9.69. The Labute approximate surface area is 205 Å². The third kappa shape index (κ3) is 4.94. The van der Waals surface area contributed by atoms with Crippen LogP contribution in [0.25, 0.3) is 10.9 Å². The first-order valence-corrected chi connectivity index (χ1v) is 12.5. The molecule has 3 heterocycles. The Morgan fingerprint density at radius 3 is 2.46 bits per heavy atom. The van der Waals surface area contributed by atoms with Gasteiger partial charge in [0.15, 0.2) is 0 Å². The summed E-state index contributed by atoms with van der Waals surface area (Å²) in [6.45, 7) is 3.93. The predicted molar refractivity (Wildman–Crippen MR) is 134 cm³/mol. The van der Waals surface area contributed by atoms with Gasteiger partial charge in [-0.1, -0.05) is 42.5 Å². The van der Waals surface area contributed by atoms with E-state index in [2.05, 4.69) is 28.5 Å². The highest BCUT2D eigenvalue weighted by Gasteiger charge is 2.34. The van der Waals surface area contributed by atoms with Crippen LogP contribution >= 0.6 is 0 Å². The maximum Gasteiger partial charge on any atom is 0.245 e. The van der Waals surface area contributed by atoms with E-state index >= 15 is 0 Å². The van der Waals surface area contributed by atoms with Crippen LogP contribution in [0.2, 0.25) is 0 Å². The molecule has 0 radical (unpaired) electrons. The van der Waals surface area contributed by atoms with E-state index in [1.165, 1.54) is 18.1 Å². The quantitative estimate of drug-likeness (QED) is 0.599. The molecule has 0 aliphatic carbocycles. The van der Waals surface area contributed by atoms with Crippen molar-refractivity contribution in [2.45, 2.75) is 45.2 Å². The van der Waals surface area contributed by atoms with Gasteiger partial charge >= 0.3 is 0 Å². The molecule has 1 fully saturated rings. The van der Waals surface area contributed by atoms with Gasteiger partial charge in [-0.05, 0) is 42.0 Å². The lowest BCUT2D eigenvalue weighted by molar-refractivity contribution is -0.142. The van der Waals surface area contributed by atoms with E-state index < -0.39 is 6.04 Å². The van der Waals surface area contributed by atoms with E-state index in [0.717, 1.165) is 29.4 Å². The molecule has 1 saturated heterocycles. The predicted octanol–water partition coefficient (Wildman–Crippen LogP) is 3.04. The van der Waals surface area contributed by atoms with Gasteiger partial charge in [0.2, 0.25) is 17.7 Å². The van der Waals surface area contributed by atoms with Crippen molar-refractivity contribution in [2.75, 3.05) is 19.6 Å². The van der Waals surface area contributed by atoms with Crippen molar-refractivity contribution in [3.8, 4) is 0 Å². The van der Waals surface area contributed by atoms with Crippen LogP contribution in [-0.2, 0) is 33.8 Å². The van der Waals surface area contributed by atoms with Crippen molar-refractivity contribution >= 4 is 28.6 Å². The molecule has 5 rings (SSSR count). The summed E-state index contributed by atoms with van der Waals surface area (Å²) in [7, 11) is 0. The second-order valence-corrected chi connectivity index (χ2v) is 9.69. The number of para-hydroxylation sites is 1. The summed E-state index contributed by atoms with van der Waals surface area (Å²) in [4.78, 5) is 45.6. The zero-order valence-corrected chi connectivity index (χ0v) is 20.1. The molecule has 2 aromatic carbocycles. The van der Waals surface area contributed by atoms with Crippen molar-refractivity contribution in [2.24, 2.45) is 5.92 Å². The molecule has 0 spiro atoms. The molecule has 2 aliphatic rings. The first-order valence-electron chi connectivity index (χ1n) is 12.5. The summed E-state index contributed by atoms with van der Waals surface area (Å²) in [5, 5.41) is 3.91. The van der Waals surface area contributed by atoms with Crippen LogP contribution in [0.3, 0.4) is 0 Å². The van der Waals surface area contributed by atoms with E-state index in [0.29, 0.717) is 38.9 Å². The number of carbonyl (C=O) groups is 3. The third-order valence-corrected chi connectivity index (χ3v) is 7.37. The van der Waals surface area contributed by atoms with Gasteiger partial charge in [0.25, 0.3) is 0 Å². The van der Waals surface area contributed by atoms with Crippen LogP contribution in [0.15, 0.2) is 54.7 Å². The number of carbonyl (C=O) groups excluding carboxylic acids is 3. The Bertz CT molecular complexity index is 1240. The fourth-order valence-corrected chi connectivity index (χ4v) is 5.48. The van der Waals surface area contributed by atoms with Crippen LogP contribution in [0.4, 0.5) is 0 Å². The number of H-pyrrole nitrogens is 1. The molecule has 1 aromatic heterocycles. The molecule has 7 heteroatoms. The minimum Gasteiger partial charge on any atom is -0.361 e. The molecule has 0 unspecified atom stereocenters. The summed E-state index contributed by atoms with van der Waals surface area (Å²) in [5.41, 5.74) is 4.57. The van der Waals surface area contributed by atoms with Crippen LogP contribution < -0.4 is 5.32 Å². The monoisotopic (exact) mass is 472 g/mol. The fraction of sp³-hybridized carbons (Fsp3) is 0.393. The number of nitrogens with zero attached hydrogens (tertiary/aromatic N) is 2. The number of fused-ring (bicyclic) bond motifs is 2. The standard InChI is InChI=1S/C28H32N4O3/c1-19(33)30-26(16-23-17-29-25-9-5-4-8-24(23)25)28(35)31-13-11-21(12-14-31)27(34)32-15-10-20-6-2-3-7-22(20)18-32/h2-9,17,21,26,29H,10-16,18H2,1H3,(H,30,33)/t26-/m0/s1. The van der Waals surface area contributed by atoms with Gasteiger partial charge in [-0.25, -0.2) is 0 Å². The number of aromatic nitrogens is 1. The molecule has 182 valence electrons. The number of piperidine rings is 1. The van der Waals surface area contributed by atoms with Crippen molar-refractivity contribution in [3.63, 3.8) is 0 Å². The van der Waals surface area contributed by atoms with Crippen molar-refractivity contribution < 1.29 is 14.4 Å². The lowest BCUT2D eigenvalue weighted by Gasteiger charge is -2.37. The largest absolute Gasteiger partial charge is 0.361 e. The number of aromatic amines is 1. The lowest BCUT2D eigenvalue weighted by Crippen LogP contribution is -2.52. The van der Waals surface area contributed by atoms with Gasteiger partial charge in [-0.3, -0.25) is 14.4 Å². The Morgan fingerprint density at radius 2 is 1.69 bits per heavy atom. The number of nitrogens with one attached hydrogen (secondary N) is 2. The molecule has 0 bridgehead atoms. The Balaban J connectivity index is 1.21. The van der Waals surface area contributed by atoms with Crippen molar-refractivity contribution in [1.29, 1.82) is 0 Å². The highest BCUT2D eigenvalue weighted by atomic mass is 16.2. The summed E-state index contributed by atoms with van der Waals surface area (Å²) in [6, 6.07) is 15.6. The number of hydrogen-bond acceptors (Lipinski definition) is 3. The van der Waals surface area contributed by atoms with Crippen LogP contribution in [0, 0.1) is 5.92 Å². The maximum absolute atomic E-state index is 13.4. The van der Waals surface area contributed by atoms with Crippen LogP contribution in [0.5, 0.6) is 0 Å². The zero-order valence-electron chi connectivity index (χ0n) is 20.1. The molecule has 3 amide bonds. The number of likely N-dealkylation sites (tertiary alicyclic amines) is 1. The van der Waals surface area contributed by atoms with E-state index in [4.69, 9.17) is 0 Å². The molecule has 3 aromatic rings. The van der Waals surface area contributed by atoms with Gasteiger partial charge < -0.3 is 20.1 Å². The number of rotatable bonds is 5. The minimum absolute atomic E-state index is 0.0582. The third-order valence-electron chi connectivity index (χ3n) is 7.37. The second kappa shape index (κ2) is 9.94. The Kier molecular flexibility index (Phi) is 6.57. The average molecular weight is 473 g/mol. The average Bonchev–Trinajstić information content (AvgIpc) is 3.30. The Hall–Kier alpha value is -3.61. The first-order chi connectivity index (χ1) is 17.0. The van der Waals surface area contributed by atoms with Gasteiger partial charge in [-0.2, -0.15) is 0 Å². The van der Waals surface area contributed by atoms with Crippen LogP contribution in [0.1, 0.15) is 36.5 Å². The number of benzene rings is 2. The molecule has 35 heavy (non-hydrogen) atoms. The van der Waals surface area contributed by atoms with E-state index in [1.54, 1.807) is 0 Å². The highest BCUT2D eigenvalue weighted by molar-refractivity contribution is 5.89. The molecule has 2 aliphatic heterocycles. The summed E-state index contributed by atoms with van der Waals surface area (Å²) >= 11 is 0. The molecular weight excluding hydrogens is 440 g/mol. The summed E-state index contributed by atoms with van der Waals surface area (Å²) < 4.78 is 0. The van der Waals surface area contributed by atoms with Crippen molar-refractivity contribution in [3.05, 3.63) is 71.4 Å². The van der Waals surface area contributed by atoms with Crippen molar-refractivity contribution in [1.82, 2.24) is 20.1 Å². The number of amides is 3. The van der Waals surface area contributed by atoms with Gasteiger partial charge in [0.05, 0.1) is 0 Å². The van der Waals surface area contributed by atoms with Gasteiger partial charge in [-0.15, -0.1) is 0 Å². The van der Waals surface area contributed by atoms with Crippen LogP contribution in [-0.4, -0.2) is 58.2 Å². The Morgan fingerprint density at radius 1 is 0.971 bits per heavy atom. The minimum atomic E-state index is -0.627. The molecule has 0 saturated carbocycles. The lowest BCUT2D eigenvalue weighted by atomic mass is 9.92. The molecule has 7 nitrogen and oxygen atoms in total. The highest BCUT2D eigenvalue weighted by Crippen LogP contribution is 2.26. The zero-order chi connectivity index (χ0) is 24.4. The molecular formula is C28H32N4O3. The van der Waals surface area contributed by atoms with E-state index in [9.17, 15) is 14.4 Å². The topological polar surface area (TPSA) is 85.5 Å². The normalized spacial score (nSPS) is 17.2. The summed E-state index contributed by atoms with van der Waals surface area (Å²) in [5.74, 6) is -0.164. The molecule has 1 atom stereocenters. The maximum atomic E-state index is 13.4. The van der Waals surface area contributed by atoms with Gasteiger partial charge in [0, 0.05) is 62.5 Å². The molecule has 2 N–H and O–H groups in total. The van der Waals surface area contributed by atoms with E-state index in [-0.39, 0.29) is 23.6 Å². The summed E-state index contributed by atoms with van der Waals surface area (Å²) in [6.07, 6.45) is 4.54. The SMILES string of the molecule is CC(=O)N[C@@H](Cc1c[nH]c2ccccc12)C(=O)N1CCC(C(=O)N2CCc3ccccc3C2)CC1. The number of hydrogen-bond donors (Lipinski definition) is 2. The first kappa shape index (κ1) is 23.1. The fourth-order valence-electron chi connectivity index (χ4n) is 5.48. The smallest absolute Gasteiger partial charge is 0.245 e. The van der Waals surface area contributed by atoms with E-state index in [1.807, 2.05) is 46.3 Å². The van der Waals surface area contributed by atoms with Gasteiger partial charge in [0.1, 0.15) is 6.04 Å².